The summed E-state index contributed by atoms with van der Waals surface area (Å²) >= 11 is 0. The number of hydrogen-bond acceptors (Lipinski definition) is 16. The molecule has 0 radical (unpaired) electrons. The van der Waals surface area contributed by atoms with E-state index < -0.39 is 156 Å². The predicted octanol–water partition coefficient (Wildman–Crippen LogP) is 1.83. The van der Waals surface area contributed by atoms with Crippen molar-refractivity contribution < 1.29 is 77.3 Å². The van der Waals surface area contributed by atoms with Crippen LogP contribution < -0.4 is 53.2 Å². The molecule has 13 N–H and O–H groups in total. The monoisotopic (exact) mass is 1420 g/mol. The van der Waals surface area contributed by atoms with Gasteiger partial charge in [-0.05, 0) is 113 Å². The van der Waals surface area contributed by atoms with Gasteiger partial charge in [0.25, 0.3) is 11.8 Å². The zero-order valence-electron chi connectivity index (χ0n) is 59.0. The number of ether oxygens (including phenoxy) is 1. The molecule has 2 aliphatic rings. The van der Waals surface area contributed by atoms with E-state index in [-0.39, 0.29) is 89.1 Å². The molecule has 552 valence electrons. The number of imide groups is 1. The van der Waals surface area contributed by atoms with Gasteiger partial charge in [-0.15, -0.1) is 0 Å². The number of phenols is 1. The van der Waals surface area contributed by atoms with Crippen LogP contribution in [-0.4, -0.2) is 195 Å². The molecule has 1 aromatic heterocycles. The number of unbranched alkanes of at least 4 members (excludes halogenated alkanes) is 1. The molecule has 29 nitrogen and oxygen atoms in total. The number of aromatic hydroxyl groups is 1. The first-order valence-electron chi connectivity index (χ1n) is 34.5. The van der Waals surface area contributed by atoms with E-state index in [2.05, 4.69) is 58.2 Å². The highest BCUT2D eigenvalue weighted by atomic mass is 16.6. The Labute approximate surface area is 597 Å². The third kappa shape index (κ3) is 25.0. The van der Waals surface area contributed by atoms with Gasteiger partial charge in [-0.25, -0.2) is 4.79 Å². The van der Waals surface area contributed by atoms with Crippen molar-refractivity contribution in [3.05, 3.63) is 150 Å². The predicted molar refractivity (Wildman–Crippen MR) is 379 cm³/mol. The minimum atomic E-state index is -1.78. The Hall–Kier alpha value is -11.0. The van der Waals surface area contributed by atoms with Crippen LogP contribution in [0.3, 0.4) is 0 Å². The first-order chi connectivity index (χ1) is 49.0. The molecule has 5 aromatic rings. The molecule has 1 saturated heterocycles. The van der Waals surface area contributed by atoms with Gasteiger partial charge in [0.15, 0.2) is 0 Å². The van der Waals surface area contributed by atoms with Gasteiger partial charge in [0, 0.05) is 88.0 Å². The summed E-state index contributed by atoms with van der Waals surface area (Å²) in [6, 6.07) is 18.1. The summed E-state index contributed by atoms with van der Waals surface area (Å²) in [5.74, 6) is -9.74. The molecule has 7 rings (SSSR count). The van der Waals surface area contributed by atoms with Gasteiger partial charge in [0.2, 0.25) is 59.1 Å². The quantitative estimate of drug-likeness (QED) is 0.0240. The number of rotatable bonds is 29. The second-order valence-corrected chi connectivity index (χ2v) is 27.1. The third-order valence-electron chi connectivity index (χ3n) is 17.2. The summed E-state index contributed by atoms with van der Waals surface area (Å²) in [7, 11) is 1.24. The number of hydrogen-bond donors (Lipinski definition) is 13. The largest absolute Gasteiger partial charge is 0.508 e. The van der Waals surface area contributed by atoms with E-state index in [9.17, 15) is 53.4 Å². The van der Waals surface area contributed by atoms with E-state index >= 15 is 19.2 Å². The number of fused-ring (bicyclic) bond motifs is 1. The summed E-state index contributed by atoms with van der Waals surface area (Å²) in [6.07, 6.45) is 0.631. The maximum atomic E-state index is 15.3. The molecule has 0 unspecified atom stereocenters. The van der Waals surface area contributed by atoms with Crippen molar-refractivity contribution >= 4 is 87.9 Å². The van der Waals surface area contributed by atoms with Crippen LogP contribution in [0.5, 0.6) is 5.75 Å². The lowest BCUT2D eigenvalue weighted by atomic mass is 9.99. The van der Waals surface area contributed by atoms with Crippen molar-refractivity contribution in [2.45, 2.75) is 172 Å². The average Bonchev–Trinajstić information content (AvgIpc) is 1.80. The molecule has 0 bridgehead atoms. The zero-order valence-corrected chi connectivity index (χ0v) is 59.0. The fourth-order valence-corrected chi connectivity index (χ4v) is 11.8. The Morgan fingerprint density at radius 3 is 1.80 bits per heavy atom. The smallest absolute Gasteiger partial charge is 0.407 e. The van der Waals surface area contributed by atoms with Crippen LogP contribution in [0.2, 0.25) is 0 Å². The number of aromatic nitrogens is 1. The van der Waals surface area contributed by atoms with Gasteiger partial charge in [-0.2, -0.15) is 0 Å². The van der Waals surface area contributed by atoms with Crippen LogP contribution in [0.4, 0.5) is 4.79 Å². The molecule has 9 atom stereocenters. The number of aliphatic hydroxyl groups excluding tert-OH is 1. The zero-order chi connectivity index (χ0) is 74.9. The van der Waals surface area contributed by atoms with Crippen molar-refractivity contribution in [1.82, 2.24) is 68.0 Å². The van der Waals surface area contributed by atoms with Crippen molar-refractivity contribution in [1.29, 1.82) is 0 Å². The van der Waals surface area contributed by atoms with Crippen LogP contribution in [0.15, 0.2) is 128 Å². The molecule has 0 spiro atoms. The maximum Gasteiger partial charge on any atom is 0.407 e. The summed E-state index contributed by atoms with van der Waals surface area (Å²) in [5, 5.41) is 49.2. The Bertz CT molecular complexity index is 3820. The fourth-order valence-electron chi connectivity index (χ4n) is 11.8. The molecule has 0 aliphatic carbocycles. The SMILES string of the molecule is CC(C)C[C@H](NC(=O)[C@H](Cc1ccccc1)NC(=O)CNC(=O)CC[C@H]1C(=O)N[C@@H](Cc2ccc(O)cc2)C(=O)N[C@H](Cc2c[nH]c3ccccc23)C(=O)N[C@@H](CCCCNC(=O)OC(C)(C)C)C(=O)N[C@@H]([C@@H](C)O)C(=O)N[C@@H](Cc2ccccc2)C(=O)N1C)C(=O)NCCCN1C(=O)C=CC1=O. The molecular weight excluding hydrogens is 1330 g/mol. The summed E-state index contributed by atoms with van der Waals surface area (Å²) in [4.78, 5) is 188. The second-order valence-electron chi connectivity index (χ2n) is 27.1. The number of carbonyl (C=O) groups excluding carboxylic acids is 13. The van der Waals surface area contributed by atoms with Crippen LogP contribution in [0, 0.1) is 5.92 Å². The molecule has 1 fully saturated rings. The first-order valence-corrected chi connectivity index (χ1v) is 34.5. The normalized spacial score (nSPS) is 19.5. The van der Waals surface area contributed by atoms with Crippen LogP contribution in [0.25, 0.3) is 10.9 Å². The topological polar surface area (TPSA) is 414 Å². The molecular formula is C74H95N13O16. The van der Waals surface area contributed by atoms with Gasteiger partial charge < -0.3 is 78.0 Å². The number of alkyl carbamates (subject to hydrolysis) is 1. The van der Waals surface area contributed by atoms with Gasteiger partial charge in [0.05, 0.1) is 12.6 Å². The molecule has 4 aromatic carbocycles. The van der Waals surface area contributed by atoms with Crippen molar-refractivity contribution in [2.75, 3.05) is 33.2 Å². The number of aromatic amines is 1. The van der Waals surface area contributed by atoms with Crippen molar-refractivity contribution in [2.24, 2.45) is 5.92 Å². The van der Waals surface area contributed by atoms with E-state index in [1.807, 2.05) is 13.8 Å². The summed E-state index contributed by atoms with van der Waals surface area (Å²) < 4.78 is 5.36. The van der Waals surface area contributed by atoms with E-state index in [0.717, 1.165) is 22.0 Å². The standard InChI is InChI=1S/C74H95N13O16/c1-44(2)37-54(65(94)75-35-18-36-87-62(92)32-33-63(87)93)81-67(96)55(38-46-19-10-8-11-20-46)79-61(91)43-78-60(90)31-30-59-70(99)83-56(39-48-26-28-50(89)29-27-48)68(97)82-57(41-49-42-77-52-24-15-14-23-51(49)52)69(98)80-53(25-16-17-34-76-73(102)103-74(4,5)6)66(95)85-64(45(3)88)71(100)84-58(72(101)86(59)7)40-47-21-12-9-13-22-47/h8-15,19-24,26-29,32-33,42,44-45,53-59,64,77,88-89H,16-18,25,30-31,34-41,43H2,1-7H3,(H,75,94)(H,76,102)(H,78,90)(H,79,91)(H,80,98)(H,81,96)(H,82,97)(H,83,99)(H,84,100)(H,85,95)/t45-,53+,54+,55+,56+,57-,58+,59+,64+/m1/s1. The minimum absolute atomic E-state index is 0.0467. The number of amides is 13. The van der Waals surface area contributed by atoms with Gasteiger partial charge in [0.1, 0.15) is 59.7 Å². The fraction of sp³-hybridized carbons (Fsp3) is 0.446. The molecule has 3 heterocycles. The van der Waals surface area contributed by atoms with Crippen LogP contribution in [0.1, 0.15) is 109 Å². The summed E-state index contributed by atoms with van der Waals surface area (Å²) in [6.45, 7) is 9.56. The molecule has 103 heavy (non-hydrogen) atoms. The Morgan fingerprint density at radius 1 is 0.573 bits per heavy atom. The molecule has 13 amide bonds. The second kappa shape index (κ2) is 38.2. The lowest BCUT2D eigenvalue weighted by molar-refractivity contribution is -0.144. The van der Waals surface area contributed by atoms with E-state index in [1.165, 1.54) is 38.2 Å². The molecule has 2 aliphatic heterocycles. The molecule has 0 saturated carbocycles. The third-order valence-corrected chi connectivity index (χ3v) is 17.2. The van der Waals surface area contributed by atoms with Gasteiger partial charge >= 0.3 is 6.09 Å². The Balaban J connectivity index is 1.17. The highest BCUT2D eigenvalue weighted by Gasteiger charge is 2.40. The number of nitrogens with one attached hydrogen (secondary N) is 11. The lowest BCUT2D eigenvalue weighted by Crippen LogP contribution is -2.63. The van der Waals surface area contributed by atoms with Gasteiger partial charge in [-0.1, -0.05) is 105 Å². The first kappa shape index (κ1) is 79.4. The highest BCUT2D eigenvalue weighted by Crippen LogP contribution is 2.22. The van der Waals surface area contributed by atoms with Crippen LogP contribution in [-0.2, 0) is 88.0 Å². The number of benzene rings is 4. The van der Waals surface area contributed by atoms with Gasteiger partial charge in [-0.3, -0.25) is 62.4 Å². The van der Waals surface area contributed by atoms with E-state index in [4.69, 9.17) is 4.74 Å². The highest BCUT2D eigenvalue weighted by molar-refractivity contribution is 6.13. The Morgan fingerprint density at radius 2 is 1.15 bits per heavy atom. The number of H-pyrrole nitrogens is 1. The maximum absolute atomic E-state index is 15.3. The Kier molecular flexibility index (Phi) is 29.4. The number of nitrogens with zero attached hydrogens (tertiary/aromatic N) is 2. The van der Waals surface area contributed by atoms with Crippen molar-refractivity contribution in [3.8, 4) is 5.75 Å². The summed E-state index contributed by atoms with van der Waals surface area (Å²) in [5.41, 5.74) is 2.04. The molecule has 29 heteroatoms. The number of aliphatic hydroxyl groups is 1. The number of phenolic OH excluding ortho intramolecular Hbond substituents is 1. The number of carbonyl (C=O) groups is 13. The van der Waals surface area contributed by atoms with Crippen LogP contribution >= 0.6 is 0 Å². The van der Waals surface area contributed by atoms with E-state index in [0.29, 0.717) is 33.2 Å². The lowest BCUT2D eigenvalue weighted by Gasteiger charge is -2.33. The number of likely N-dealkylation sites (N-methyl/N-ethyl adjacent to an activating group) is 1. The number of para-hydroxylation sites is 1. The van der Waals surface area contributed by atoms with Crippen molar-refractivity contribution in [3.63, 3.8) is 0 Å². The minimum Gasteiger partial charge on any atom is -0.508 e. The van der Waals surface area contributed by atoms with E-state index in [1.54, 1.807) is 112 Å². The average molecular weight is 1420 g/mol.